The van der Waals surface area contributed by atoms with E-state index in [-0.39, 0.29) is 16.7 Å². The van der Waals surface area contributed by atoms with Crippen molar-refractivity contribution in [3.05, 3.63) is 16.5 Å². The Kier molecular flexibility index (Phi) is 3.97. The Hall–Kier alpha value is -3.10. The minimum Gasteiger partial charge on any atom is -0.422 e. The van der Waals surface area contributed by atoms with Crippen molar-refractivity contribution in [2.24, 2.45) is 0 Å². The van der Waals surface area contributed by atoms with Gasteiger partial charge < -0.3 is 14.2 Å². The monoisotopic (exact) mass is 310 g/mol. The first-order chi connectivity index (χ1) is 10.3. The lowest BCUT2D eigenvalue weighted by molar-refractivity contribution is -0.135. The lowest BCUT2D eigenvalue weighted by atomic mass is 10.2. The number of hydrogen-bond donors (Lipinski definition) is 0. The van der Waals surface area contributed by atoms with E-state index in [1.807, 2.05) is 0 Å². The van der Waals surface area contributed by atoms with Gasteiger partial charge in [0, 0.05) is 26.8 Å². The molecule has 0 bridgehead atoms. The zero-order chi connectivity index (χ0) is 16.4. The number of hydrogen-bond acceptors (Lipinski definition) is 9. The summed E-state index contributed by atoms with van der Waals surface area (Å²) in [5.74, 6) is -3.41. The number of carbonyl (C=O) groups excluding carboxylic acids is 3. The third kappa shape index (κ3) is 2.97. The maximum absolute atomic E-state index is 11.7. The van der Waals surface area contributed by atoms with E-state index < -0.39 is 35.0 Å². The second-order valence-corrected chi connectivity index (χ2v) is 4.14. The average Bonchev–Trinajstić information content (AvgIpc) is 2.73. The fraction of sp³-hybridized carbons (Fsp3) is 0.231. The second kappa shape index (κ2) is 5.72. The van der Waals surface area contributed by atoms with E-state index >= 15 is 0 Å². The standard InChI is InChI=1S/C13H10O9/c1-5(14)18-9-4-8-10(13(17)22-21-8)12(20-7(3)16)11(9)19-6(2)15/h4H,1-3H3. The highest BCUT2D eigenvalue weighted by Gasteiger charge is 2.26. The zero-order valence-electron chi connectivity index (χ0n) is 11.8. The number of ether oxygens (including phenoxy) is 3. The van der Waals surface area contributed by atoms with Crippen LogP contribution in [0.4, 0.5) is 0 Å². The molecule has 9 nitrogen and oxygen atoms in total. The van der Waals surface area contributed by atoms with Crippen molar-refractivity contribution in [2.45, 2.75) is 20.8 Å². The summed E-state index contributed by atoms with van der Waals surface area (Å²) in [5, 5.41) is -0.262. The number of fused-ring (bicyclic) bond motifs is 1. The van der Waals surface area contributed by atoms with E-state index in [2.05, 4.69) is 9.15 Å². The summed E-state index contributed by atoms with van der Waals surface area (Å²) in [4.78, 5) is 45.2. The molecule has 0 fully saturated rings. The molecule has 1 aromatic heterocycles. The van der Waals surface area contributed by atoms with E-state index in [0.29, 0.717) is 0 Å². The first-order valence-electron chi connectivity index (χ1n) is 5.94. The molecule has 2 aromatic rings. The van der Waals surface area contributed by atoms with Crippen LogP contribution in [0.2, 0.25) is 0 Å². The summed E-state index contributed by atoms with van der Waals surface area (Å²) in [5.41, 5.74) is -1.09. The Morgan fingerprint density at radius 3 is 1.95 bits per heavy atom. The normalized spacial score (nSPS) is 10.3. The van der Waals surface area contributed by atoms with E-state index in [1.165, 1.54) is 0 Å². The molecule has 0 spiro atoms. The van der Waals surface area contributed by atoms with Crippen molar-refractivity contribution in [1.82, 2.24) is 0 Å². The maximum Gasteiger partial charge on any atom is 0.394 e. The first kappa shape index (κ1) is 15.3. The summed E-state index contributed by atoms with van der Waals surface area (Å²) >= 11 is 0. The molecule has 9 heteroatoms. The molecule has 22 heavy (non-hydrogen) atoms. The van der Waals surface area contributed by atoms with Crippen molar-refractivity contribution in [3.8, 4) is 17.2 Å². The SMILES string of the molecule is CC(=O)Oc1cc2ooc(=O)c2c(OC(C)=O)c1OC(C)=O. The summed E-state index contributed by atoms with van der Waals surface area (Å²) in [6.45, 7) is 3.26. The smallest absolute Gasteiger partial charge is 0.394 e. The van der Waals surface area contributed by atoms with Gasteiger partial charge in [0.05, 0.1) is 0 Å². The molecule has 0 unspecified atom stereocenters. The summed E-state index contributed by atoms with van der Waals surface area (Å²) in [7, 11) is 0. The fourth-order valence-electron chi connectivity index (χ4n) is 1.69. The summed E-state index contributed by atoms with van der Waals surface area (Å²) in [6.07, 6.45) is 0. The minimum atomic E-state index is -0.950. The summed E-state index contributed by atoms with van der Waals surface area (Å²) < 4.78 is 23.7. The van der Waals surface area contributed by atoms with Crippen LogP contribution in [0.3, 0.4) is 0 Å². The highest BCUT2D eigenvalue weighted by atomic mass is 17.0. The Morgan fingerprint density at radius 2 is 1.41 bits per heavy atom. The van der Waals surface area contributed by atoms with Crippen LogP contribution in [-0.2, 0) is 14.4 Å². The van der Waals surface area contributed by atoms with Crippen LogP contribution in [0.25, 0.3) is 11.0 Å². The molecule has 0 amide bonds. The van der Waals surface area contributed by atoms with Crippen LogP contribution in [0.15, 0.2) is 20.0 Å². The lowest BCUT2D eigenvalue weighted by Gasteiger charge is -2.12. The van der Waals surface area contributed by atoms with Crippen LogP contribution < -0.4 is 19.8 Å². The van der Waals surface area contributed by atoms with Gasteiger partial charge >= 0.3 is 23.5 Å². The third-order valence-electron chi connectivity index (χ3n) is 2.32. The number of benzene rings is 1. The molecular formula is C13H10O9. The van der Waals surface area contributed by atoms with Crippen molar-refractivity contribution in [2.75, 3.05) is 0 Å². The van der Waals surface area contributed by atoms with Crippen LogP contribution in [0.1, 0.15) is 20.8 Å². The molecule has 0 atom stereocenters. The van der Waals surface area contributed by atoms with Gasteiger partial charge in [0.25, 0.3) is 0 Å². The molecule has 0 aliphatic rings. The van der Waals surface area contributed by atoms with Crippen molar-refractivity contribution >= 4 is 28.9 Å². The van der Waals surface area contributed by atoms with Gasteiger partial charge in [-0.05, 0) is 0 Å². The van der Waals surface area contributed by atoms with Gasteiger partial charge in [-0.25, -0.2) is 9.37 Å². The van der Waals surface area contributed by atoms with Crippen molar-refractivity contribution in [3.63, 3.8) is 0 Å². The Balaban J connectivity index is 2.81. The lowest BCUT2D eigenvalue weighted by Crippen LogP contribution is -2.12. The second-order valence-electron chi connectivity index (χ2n) is 4.14. The quantitative estimate of drug-likeness (QED) is 0.466. The number of esters is 3. The molecular weight excluding hydrogens is 300 g/mol. The Bertz CT molecular complexity index is 824. The summed E-state index contributed by atoms with van der Waals surface area (Å²) in [6, 6.07) is 1.10. The average molecular weight is 310 g/mol. The number of carbonyl (C=O) groups is 3. The van der Waals surface area contributed by atoms with Crippen LogP contribution >= 0.6 is 0 Å². The van der Waals surface area contributed by atoms with Gasteiger partial charge in [-0.15, -0.1) is 0 Å². The van der Waals surface area contributed by atoms with Crippen LogP contribution in [0, 0.1) is 0 Å². The van der Waals surface area contributed by atoms with Crippen LogP contribution in [0.5, 0.6) is 17.2 Å². The first-order valence-corrected chi connectivity index (χ1v) is 5.94. The van der Waals surface area contributed by atoms with E-state index in [9.17, 15) is 19.2 Å². The molecule has 0 aliphatic carbocycles. The minimum absolute atomic E-state index is 0.145. The zero-order valence-corrected chi connectivity index (χ0v) is 11.8. The molecule has 1 aromatic carbocycles. The Morgan fingerprint density at radius 1 is 0.864 bits per heavy atom. The third-order valence-corrected chi connectivity index (χ3v) is 2.32. The molecule has 116 valence electrons. The molecule has 0 N–H and O–H groups in total. The molecule has 0 aliphatic heterocycles. The maximum atomic E-state index is 11.7. The highest BCUT2D eigenvalue weighted by Crippen LogP contribution is 2.43. The van der Waals surface area contributed by atoms with Gasteiger partial charge in [0.2, 0.25) is 11.3 Å². The van der Waals surface area contributed by atoms with Gasteiger partial charge in [0.15, 0.2) is 16.9 Å². The fourth-order valence-corrected chi connectivity index (χ4v) is 1.69. The molecule has 0 saturated carbocycles. The largest absolute Gasteiger partial charge is 0.422 e. The van der Waals surface area contributed by atoms with Gasteiger partial charge in [0.1, 0.15) is 0 Å². The van der Waals surface area contributed by atoms with Crippen molar-refractivity contribution < 1.29 is 37.7 Å². The van der Waals surface area contributed by atoms with E-state index in [0.717, 1.165) is 26.8 Å². The predicted molar refractivity (Wildman–Crippen MR) is 68.7 cm³/mol. The molecule has 0 saturated heterocycles. The van der Waals surface area contributed by atoms with E-state index in [1.54, 1.807) is 0 Å². The predicted octanol–water partition coefficient (Wildman–Crippen LogP) is 1.16. The number of rotatable bonds is 3. The topological polar surface area (TPSA) is 122 Å². The van der Waals surface area contributed by atoms with Crippen LogP contribution in [-0.4, -0.2) is 17.9 Å². The van der Waals surface area contributed by atoms with E-state index in [4.69, 9.17) is 14.2 Å². The Labute approximate surface area is 122 Å². The van der Waals surface area contributed by atoms with Gasteiger partial charge in [-0.3, -0.25) is 19.0 Å². The van der Waals surface area contributed by atoms with Gasteiger partial charge in [-0.1, -0.05) is 0 Å². The highest BCUT2D eigenvalue weighted by molar-refractivity contribution is 5.92. The molecule has 2 rings (SSSR count). The van der Waals surface area contributed by atoms with Crippen molar-refractivity contribution in [1.29, 1.82) is 0 Å². The molecule has 1 heterocycles. The van der Waals surface area contributed by atoms with Gasteiger partial charge in [-0.2, -0.15) is 0 Å². The molecule has 0 radical (unpaired) electrons.